The molecule has 108 valence electrons. The van der Waals surface area contributed by atoms with Crippen molar-refractivity contribution in [3.8, 4) is 0 Å². The Morgan fingerprint density at radius 1 is 1.19 bits per heavy atom. The van der Waals surface area contributed by atoms with Crippen LogP contribution in [0.4, 0.5) is 0 Å². The lowest BCUT2D eigenvalue weighted by molar-refractivity contribution is 0.334. The van der Waals surface area contributed by atoms with Crippen molar-refractivity contribution in [2.45, 2.75) is 38.1 Å². The third-order valence-corrected chi connectivity index (χ3v) is 5.45. The molecule has 3 heteroatoms. The summed E-state index contributed by atoms with van der Waals surface area (Å²) in [5.74, 6) is 0.596. The SMILES string of the molecule is C1=CC2=CNC3=C4C(CCC3)C3=CNCC=C3N4C2CC1. The highest BCUT2D eigenvalue weighted by Gasteiger charge is 2.45. The van der Waals surface area contributed by atoms with Crippen LogP contribution in [-0.4, -0.2) is 17.5 Å². The van der Waals surface area contributed by atoms with E-state index in [1.165, 1.54) is 54.6 Å². The molecule has 0 aromatic carbocycles. The molecule has 3 heterocycles. The van der Waals surface area contributed by atoms with Gasteiger partial charge in [0.25, 0.3) is 0 Å². The molecule has 0 spiro atoms. The first-order valence-electron chi connectivity index (χ1n) is 8.23. The number of hydrogen-bond acceptors (Lipinski definition) is 3. The van der Waals surface area contributed by atoms with Gasteiger partial charge < -0.3 is 15.5 Å². The highest BCUT2D eigenvalue weighted by atomic mass is 15.2. The lowest BCUT2D eigenvalue weighted by Crippen LogP contribution is -2.34. The lowest BCUT2D eigenvalue weighted by atomic mass is 9.86. The van der Waals surface area contributed by atoms with E-state index in [1.54, 1.807) is 5.70 Å². The predicted molar refractivity (Wildman–Crippen MR) is 83.8 cm³/mol. The predicted octanol–water partition coefficient (Wildman–Crippen LogP) is 2.89. The summed E-state index contributed by atoms with van der Waals surface area (Å²) in [6, 6.07) is 0.519. The molecule has 0 aromatic heterocycles. The van der Waals surface area contributed by atoms with E-state index in [0.717, 1.165) is 6.54 Å². The Bertz CT molecular complexity index is 647. The van der Waals surface area contributed by atoms with E-state index in [1.807, 2.05) is 0 Å². The quantitative estimate of drug-likeness (QED) is 0.714. The van der Waals surface area contributed by atoms with Crippen molar-refractivity contribution in [2.75, 3.05) is 6.54 Å². The summed E-state index contributed by atoms with van der Waals surface area (Å²) in [4.78, 5) is 2.67. The number of dihydropyridines is 1. The molecule has 0 radical (unpaired) electrons. The van der Waals surface area contributed by atoms with Crippen molar-refractivity contribution < 1.29 is 0 Å². The normalized spacial score (nSPS) is 32.8. The Morgan fingerprint density at radius 2 is 2.19 bits per heavy atom. The zero-order valence-electron chi connectivity index (χ0n) is 12.2. The molecule has 0 saturated carbocycles. The number of rotatable bonds is 0. The van der Waals surface area contributed by atoms with Crippen molar-refractivity contribution in [1.82, 2.24) is 15.5 Å². The topological polar surface area (TPSA) is 27.3 Å². The van der Waals surface area contributed by atoms with Crippen LogP contribution in [0.1, 0.15) is 32.1 Å². The Morgan fingerprint density at radius 3 is 3.19 bits per heavy atom. The van der Waals surface area contributed by atoms with Crippen LogP contribution >= 0.6 is 0 Å². The van der Waals surface area contributed by atoms with E-state index >= 15 is 0 Å². The average molecular weight is 279 g/mol. The van der Waals surface area contributed by atoms with Gasteiger partial charge in [-0.15, -0.1) is 0 Å². The maximum atomic E-state index is 3.64. The van der Waals surface area contributed by atoms with Crippen molar-refractivity contribution in [3.63, 3.8) is 0 Å². The van der Waals surface area contributed by atoms with Gasteiger partial charge in [-0.1, -0.05) is 12.2 Å². The zero-order chi connectivity index (χ0) is 13.8. The molecular weight excluding hydrogens is 258 g/mol. The number of allylic oxidation sites excluding steroid dienone is 4. The van der Waals surface area contributed by atoms with E-state index in [4.69, 9.17) is 0 Å². The van der Waals surface area contributed by atoms with Crippen LogP contribution in [0.15, 0.2) is 58.9 Å². The summed E-state index contributed by atoms with van der Waals surface area (Å²) in [5, 5.41) is 7.06. The third-order valence-electron chi connectivity index (χ3n) is 5.45. The molecule has 3 aliphatic heterocycles. The zero-order valence-corrected chi connectivity index (χ0v) is 12.2. The van der Waals surface area contributed by atoms with Crippen molar-refractivity contribution in [3.05, 3.63) is 58.9 Å². The Kier molecular flexibility index (Phi) is 2.40. The van der Waals surface area contributed by atoms with Crippen LogP contribution in [0.3, 0.4) is 0 Å². The van der Waals surface area contributed by atoms with Gasteiger partial charge in [-0.3, -0.25) is 0 Å². The summed E-state index contributed by atoms with van der Waals surface area (Å²) >= 11 is 0. The first-order chi connectivity index (χ1) is 10.4. The fourth-order valence-corrected chi connectivity index (χ4v) is 4.56. The summed E-state index contributed by atoms with van der Waals surface area (Å²) < 4.78 is 0. The molecular formula is C18H21N3. The third kappa shape index (κ3) is 1.55. The molecule has 2 unspecified atom stereocenters. The minimum absolute atomic E-state index is 0.519. The second-order valence-corrected chi connectivity index (χ2v) is 6.56. The van der Waals surface area contributed by atoms with Gasteiger partial charge in [-0.25, -0.2) is 0 Å². The van der Waals surface area contributed by atoms with Gasteiger partial charge in [-0.2, -0.15) is 0 Å². The molecule has 1 fully saturated rings. The molecule has 2 N–H and O–H groups in total. The molecule has 0 bridgehead atoms. The van der Waals surface area contributed by atoms with Gasteiger partial charge in [0.05, 0.1) is 6.04 Å². The van der Waals surface area contributed by atoms with E-state index in [0.29, 0.717) is 12.0 Å². The summed E-state index contributed by atoms with van der Waals surface area (Å²) in [5.41, 5.74) is 7.45. The van der Waals surface area contributed by atoms with E-state index in [9.17, 15) is 0 Å². The van der Waals surface area contributed by atoms with Crippen LogP contribution < -0.4 is 10.6 Å². The highest BCUT2D eigenvalue weighted by Crippen LogP contribution is 2.51. The van der Waals surface area contributed by atoms with Gasteiger partial charge in [-0.05, 0) is 43.8 Å². The second kappa shape index (κ2) is 4.30. The molecule has 5 rings (SSSR count). The van der Waals surface area contributed by atoms with Crippen molar-refractivity contribution in [1.29, 1.82) is 0 Å². The number of nitrogens with zero attached hydrogens (tertiary/aromatic N) is 1. The van der Waals surface area contributed by atoms with Crippen molar-refractivity contribution >= 4 is 0 Å². The summed E-state index contributed by atoms with van der Waals surface area (Å²) in [7, 11) is 0. The Labute approximate surface area is 125 Å². The summed E-state index contributed by atoms with van der Waals surface area (Å²) in [6.45, 7) is 0.958. The van der Waals surface area contributed by atoms with Gasteiger partial charge in [0.15, 0.2) is 0 Å². The first kappa shape index (κ1) is 11.7. The number of hydrogen-bond donors (Lipinski definition) is 2. The monoisotopic (exact) mass is 279 g/mol. The van der Waals surface area contributed by atoms with Crippen LogP contribution in [0.5, 0.6) is 0 Å². The minimum atomic E-state index is 0.519. The second-order valence-electron chi connectivity index (χ2n) is 6.56. The van der Waals surface area contributed by atoms with Crippen LogP contribution in [0.25, 0.3) is 0 Å². The molecule has 21 heavy (non-hydrogen) atoms. The fraction of sp³-hybridized carbons (Fsp3) is 0.444. The van der Waals surface area contributed by atoms with E-state index in [2.05, 4.69) is 46.2 Å². The Balaban J connectivity index is 1.72. The first-order valence-corrected chi connectivity index (χ1v) is 8.23. The van der Waals surface area contributed by atoms with Crippen molar-refractivity contribution in [2.24, 2.45) is 5.92 Å². The van der Waals surface area contributed by atoms with E-state index in [-0.39, 0.29) is 0 Å². The molecule has 1 saturated heterocycles. The maximum absolute atomic E-state index is 3.64. The molecule has 0 amide bonds. The average Bonchev–Trinajstić information content (AvgIpc) is 2.78. The molecule has 2 atom stereocenters. The van der Waals surface area contributed by atoms with Gasteiger partial charge in [0.1, 0.15) is 0 Å². The number of fused-ring (bicyclic) bond motifs is 5. The largest absolute Gasteiger partial charge is 0.387 e. The smallest absolute Gasteiger partial charge is 0.0606 e. The fourth-order valence-electron chi connectivity index (χ4n) is 4.56. The lowest BCUT2D eigenvalue weighted by Gasteiger charge is -2.35. The molecule has 3 nitrogen and oxygen atoms in total. The summed E-state index contributed by atoms with van der Waals surface area (Å²) in [6.07, 6.45) is 17.7. The molecule has 5 aliphatic rings. The van der Waals surface area contributed by atoms with E-state index < -0.39 is 0 Å². The van der Waals surface area contributed by atoms with Crippen LogP contribution in [0, 0.1) is 5.92 Å². The van der Waals surface area contributed by atoms with Gasteiger partial charge >= 0.3 is 0 Å². The van der Waals surface area contributed by atoms with Gasteiger partial charge in [0.2, 0.25) is 0 Å². The minimum Gasteiger partial charge on any atom is -0.387 e. The number of nitrogens with one attached hydrogen (secondary N) is 2. The van der Waals surface area contributed by atoms with Crippen LogP contribution in [-0.2, 0) is 0 Å². The molecule has 2 aliphatic carbocycles. The molecule has 0 aromatic rings. The van der Waals surface area contributed by atoms with Crippen LogP contribution in [0.2, 0.25) is 0 Å². The highest BCUT2D eigenvalue weighted by molar-refractivity contribution is 5.53. The Hall–Kier alpha value is -1.90. The standard InChI is InChI=1S/C18H21N3/c1-2-7-16-12(4-1)10-20-15-6-3-5-13-14-11-19-9-8-17(14)21(16)18(13)15/h1,4,8,10-11,13,16,19-20H,2-3,5-7,9H2. The van der Waals surface area contributed by atoms with Gasteiger partial charge in [0, 0.05) is 47.5 Å². The maximum Gasteiger partial charge on any atom is 0.0606 e.